The Hall–Kier alpha value is -3.92. The van der Waals surface area contributed by atoms with E-state index < -0.39 is 0 Å². The molecule has 0 bridgehead atoms. The number of fused-ring (bicyclic) bond motifs is 1. The molecule has 0 aromatic heterocycles. The number of piperidine rings is 1. The average molecular weight is 507 g/mol. The molecule has 7 N–H and O–H groups in total. The number of ether oxygens (including phenoxy) is 1. The molecule has 0 unspecified atom stereocenters. The van der Waals surface area contributed by atoms with Crippen molar-refractivity contribution in [1.29, 1.82) is 5.41 Å². The molecular weight excluding hydrogens is 468 g/mol. The maximum Gasteiger partial charge on any atom is 0.248 e. The number of likely N-dealkylation sites (tertiary alicyclic amines) is 1. The molecule has 3 rings (SSSR count). The van der Waals surface area contributed by atoms with Crippen molar-refractivity contribution in [1.82, 2.24) is 15.5 Å². The highest BCUT2D eigenvalue weighted by molar-refractivity contribution is 5.97. The number of nitrogens with two attached hydrogens (primary N) is 2. The minimum absolute atomic E-state index is 0.0434. The zero-order chi connectivity index (χ0) is 26.8. The van der Waals surface area contributed by atoms with Crippen molar-refractivity contribution < 1.29 is 9.53 Å². The molecule has 3 heterocycles. The summed E-state index contributed by atoms with van der Waals surface area (Å²) in [5, 5.41) is 14.1. The van der Waals surface area contributed by atoms with Gasteiger partial charge >= 0.3 is 0 Å². The summed E-state index contributed by atoms with van der Waals surface area (Å²) in [5.74, 6) is 1.59. The van der Waals surface area contributed by atoms with Crippen LogP contribution in [0.1, 0.15) is 26.7 Å². The van der Waals surface area contributed by atoms with Crippen LogP contribution < -0.4 is 22.1 Å². The van der Waals surface area contributed by atoms with E-state index in [0.29, 0.717) is 24.1 Å². The van der Waals surface area contributed by atoms with Crippen LogP contribution in [0.5, 0.6) is 0 Å². The van der Waals surface area contributed by atoms with Gasteiger partial charge < -0.3 is 37.1 Å². The Morgan fingerprint density at radius 3 is 2.70 bits per heavy atom. The van der Waals surface area contributed by atoms with Gasteiger partial charge in [0.25, 0.3) is 0 Å². The number of hydrogen-bond acceptors (Lipinski definition) is 8. The molecule has 0 aliphatic carbocycles. The van der Waals surface area contributed by atoms with Crippen molar-refractivity contribution in [3.8, 4) is 0 Å². The largest absolute Gasteiger partial charge is 0.404 e. The number of hydrogen-bond donors (Lipinski definition) is 5. The molecule has 0 spiro atoms. The second-order valence-corrected chi connectivity index (χ2v) is 9.41. The van der Waals surface area contributed by atoms with Gasteiger partial charge in [-0.25, -0.2) is 4.99 Å². The van der Waals surface area contributed by atoms with Gasteiger partial charge in [0.05, 0.1) is 11.4 Å². The lowest BCUT2D eigenvalue weighted by Gasteiger charge is -2.31. The standard InChI is InChI=1S/C27H38N8O2/c1-18(2)20(12-28)11-25(30)34-26-5-4-23-24(33-26)10-21(16-32-23)22(13-29)15-31-14-19-6-8-35(9-7-19)27(36)17-37-3/h4-5,10-13,15-16,18-19,28,32-33H,6-9,14,17,29H2,1-3H3,(H2,30,34). The number of nitrogens with one attached hydrogen (secondary N) is 3. The number of rotatable bonds is 10. The summed E-state index contributed by atoms with van der Waals surface area (Å²) in [4.78, 5) is 22.9. The summed E-state index contributed by atoms with van der Waals surface area (Å²) in [6.07, 6.45) is 15.8. The van der Waals surface area contributed by atoms with Crippen molar-refractivity contribution in [2.24, 2.45) is 33.3 Å². The van der Waals surface area contributed by atoms with Gasteiger partial charge in [-0.2, -0.15) is 0 Å². The smallest absolute Gasteiger partial charge is 0.248 e. The Labute approximate surface area is 218 Å². The first kappa shape index (κ1) is 27.7. The first-order chi connectivity index (χ1) is 17.8. The van der Waals surface area contributed by atoms with E-state index in [1.54, 1.807) is 18.5 Å². The van der Waals surface area contributed by atoms with E-state index >= 15 is 0 Å². The molecular formula is C27H38N8O2. The summed E-state index contributed by atoms with van der Waals surface area (Å²) < 4.78 is 4.95. The number of carbonyl (C=O) groups excluding carboxylic acids is 1. The normalized spacial score (nSPS) is 19.5. The van der Waals surface area contributed by atoms with Gasteiger partial charge in [0, 0.05) is 62.7 Å². The molecule has 3 aliphatic heterocycles. The molecule has 37 heavy (non-hydrogen) atoms. The molecule has 1 saturated heterocycles. The van der Waals surface area contributed by atoms with Gasteiger partial charge in [-0.15, -0.1) is 0 Å². The van der Waals surface area contributed by atoms with Crippen molar-refractivity contribution in [3.63, 3.8) is 0 Å². The number of aliphatic imine (C=N–C) groups is 2. The topological polar surface area (TPSA) is 154 Å². The van der Waals surface area contributed by atoms with Gasteiger partial charge in [0.1, 0.15) is 18.3 Å². The van der Waals surface area contributed by atoms with E-state index in [1.165, 1.54) is 13.3 Å². The van der Waals surface area contributed by atoms with E-state index in [0.717, 1.165) is 54.0 Å². The quantitative estimate of drug-likeness (QED) is 0.226. The molecule has 10 nitrogen and oxygen atoms in total. The Morgan fingerprint density at radius 1 is 1.30 bits per heavy atom. The van der Waals surface area contributed by atoms with Gasteiger partial charge in [0.15, 0.2) is 0 Å². The van der Waals surface area contributed by atoms with Gasteiger partial charge in [-0.1, -0.05) is 13.8 Å². The first-order valence-corrected chi connectivity index (χ1v) is 12.5. The lowest BCUT2D eigenvalue weighted by molar-refractivity contribution is -0.136. The third kappa shape index (κ3) is 7.78. The Bertz CT molecular complexity index is 1110. The number of dihydropyridines is 2. The number of nitrogens with zero attached hydrogens (tertiary/aromatic N) is 3. The Morgan fingerprint density at radius 2 is 2.05 bits per heavy atom. The molecule has 3 aliphatic rings. The molecule has 10 heteroatoms. The second kappa shape index (κ2) is 13.4. The van der Waals surface area contributed by atoms with Crippen LogP contribution in [0, 0.1) is 17.2 Å². The average Bonchev–Trinajstić information content (AvgIpc) is 2.89. The van der Waals surface area contributed by atoms with Crippen LogP contribution in [0.3, 0.4) is 0 Å². The molecule has 0 aromatic carbocycles. The number of amidine groups is 1. The molecule has 198 valence electrons. The number of methoxy groups -OCH3 is 1. The predicted molar refractivity (Wildman–Crippen MR) is 149 cm³/mol. The van der Waals surface area contributed by atoms with Crippen LogP contribution >= 0.6 is 0 Å². The number of allylic oxidation sites excluding steroid dienone is 6. The fourth-order valence-corrected chi connectivity index (χ4v) is 4.13. The maximum atomic E-state index is 12.0. The molecule has 1 amide bonds. The lowest BCUT2D eigenvalue weighted by atomic mass is 9.97. The Balaban J connectivity index is 1.59. The van der Waals surface area contributed by atoms with E-state index in [1.807, 2.05) is 43.2 Å². The number of amides is 1. The highest BCUT2D eigenvalue weighted by Gasteiger charge is 2.22. The monoisotopic (exact) mass is 506 g/mol. The van der Waals surface area contributed by atoms with Crippen LogP contribution in [0.15, 0.2) is 80.6 Å². The minimum Gasteiger partial charge on any atom is -0.404 e. The summed E-state index contributed by atoms with van der Waals surface area (Å²) in [6, 6.07) is 0. The van der Waals surface area contributed by atoms with Crippen LogP contribution in [0.25, 0.3) is 0 Å². The predicted octanol–water partition coefficient (Wildman–Crippen LogP) is 2.07. The van der Waals surface area contributed by atoms with Crippen LogP contribution in [0.4, 0.5) is 0 Å². The first-order valence-electron chi connectivity index (χ1n) is 12.5. The van der Waals surface area contributed by atoms with Crippen LogP contribution in [-0.2, 0) is 9.53 Å². The van der Waals surface area contributed by atoms with Crippen molar-refractivity contribution in [2.75, 3.05) is 33.4 Å². The zero-order valence-corrected chi connectivity index (χ0v) is 21.8. The summed E-state index contributed by atoms with van der Waals surface area (Å²) in [5.41, 5.74) is 16.3. The highest BCUT2D eigenvalue weighted by Crippen LogP contribution is 2.23. The molecule has 1 fully saturated rings. The third-order valence-corrected chi connectivity index (χ3v) is 6.38. The SMILES string of the molecule is COCC(=O)N1CCC(CN=CC(=CN)C2=CNC3=CC=C(N=C(N)C=C(C=N)C(C)C)NC3=C2)CC1. The third-order valence-electron chi connectivity index (χ3n) is 6.38. The van der Waals surface area contributed by atoms with E-state index in [9.17, 15) is 4.79 Å². The molecule has 0 aromatic rings. The molecule has 0 atom stereocenters. The van der Waals surface area contributed by atoms with Gasteiger partial charge in [0.2, 0.25) is 5.91 Å². The maximum absolute atomic E-state index is 12.0. The number of carbonyl (C=O) groups is 1. The Kier molecular flexibility index (Phi) is 10.0. The summed E-state index contributed by atoms with van der Waals surface area (Å²) >= 11 is 0. The van der Waals surface area contributed by atoms with E-state index in [-0.39, 0.29) is 18.4 Å². The zero-order valence-electron chi connectivity index (χ0n) is 21.8. The summed E-state index contributed by atoms with van der Waals surface area (Å²) in [7, 11) is 1.54. The highest BCUT2D eigenvalue weighted by atomic mass is 16.5. The van der Waals surface area contributed by atoms with E-state index in [2.05, 4.69) is 20.6 Å². The molecule has 0 radical (unpaired) electrons. The fourth-order valence-electron chi connectivity index (χ4n) is 4.13. The van der Waals surface area contributed by atoms with Crippen molar-refractivity contribution in [2.45, 2.75) is 26.7 Å². The van der Waals surface area contributed by atoms with Crippen LogP contribution in [0.2, 0.25) is 0 Å². The second-order valence-electron chi connectivity index (χ2n) is 9.41. The molecule has 0 saturated carbocycles. The lowest BCUT2D eigenvalue weighted by Crippen LogP contribution is -2.40. The summed E-state index contributed by atoms with van der Waals surface area (Å²) in [6.45, 7) is 6.31. The minimum atomic E-state index is 0.0434. The fraction of sp³-hybridized carbons (Fsp3) is 0.407. The van der Waals surface area contributed by atoms with E-state index in [4.69, 9.17) is 21.6 Å². The van der Waals surface area contributed by atoms with Gasteiger partial charge in [-0.05, 0) is 54.6 Å². The van der Waals surface area contributed by atoms with Crippen molar-refractivity contribution in [3.05, 3.63) is 70.6 Å². The van der Waals surface area contributed by atoms with Crippen LogP contribution in [-0.4, -0.2) is 62.4 Å². The van der Waals surface area contributed by atoms with Crippen molar-refractivity contribution >= 4 is 24.2 Å². The van der Waals surface area contributed by atoms with Gasteiger partial charge in [-0.3, -0.25) is 9.79 Å².